The lowest BCUT2D eigenvalue weighted by molar-refractivity contribution is 0.341. The van der Waals surface area contributed by atoms with E-state index in [4.69, 9.17) is 0 Å². The summed E-state index contributed by atoms with van der Waals surface area (Å²) in [6, 6.07) is 9.77. The number of halogens is 1. The van der Waals surface area contributed by atoms with Crippen LogP contribution in [0.3, 0.4) is 0 Å². The summed E-state index contributed by atoms with van der Waals surface area (Å²) in [6.45, 7) is 6.49. The van der Waals surface area contributed by atoms with Crippen LogP contribution in [0, 0.1) is 11.2 Å². The van der Waals surface area contributed by atoms with Gasteiger partial charge in [0.15, 0.2) is 5.82 Å². The van der Waals surface area contributed by atoms with Crippen LogP contribution in [0.4, 0.5) is 21.8 Å². The number of rotatable bonds is 5. The first-order chi connectivity index (χ1) is 17.4. The quantitative estimate of drug-likeness (QED) is 0.363. The Morgan fingerprint density at radius 1 is 1.03 bits per heavy atom. The van der Waals surface area contributed by atoms with Crippen LogP contribution >= 0.6 is 0 Å². The van der Waals surface area contributed by atoms with Gasteiger partial charge in [-0.2, -0.15) is 5.10 Å². The Bertz CT molecular complexity index is 1400. The first kappa shape index (κ1) is 22.9. The van der Waals surface area contributed by atoms with Crippen LogP contribution in [0.2, 0.25) is 0 Å². The second kappa shape index (κ2) is 8.84. The molecule has 1 aromatic carbocycles. The lowest BCUT2D eigenvalue weighted by Crippen LogP contribution is -2.24. The van der Waals surface area contributed by atoms with E-state index in [0.29, 0.717) is 28.7 Å². The second-order valence-electron chi connectivity index (χ2n) is 10.7. The van der Waals surface area contributed by atoms with Crippen molar-refractivity contribution >= 4 is 28.4 Å². The Balaban J connectivity index is 1.23. The van der Waals surface area contributed by atoms with Gasteiger partial charge in [0.1, 0.15) is 11.5 Å². The Labute approximate surface area is 210 Å². The molecular weight excluding hydrogens is 453 g/mol. The number of nitrogens with one attached hydrogen (secondary N) is 1. The van der Waals surface area contributed by atoms with Crippen molar-refractivity contribution in [2.45, 2.75) is 51.9 Å². The van der Waals surface area contributed by atoms with E-state index in [2.05, 4.69) is 50.2 Å². The molecule has 4 aromatic rings. The van der Waals surface area contributed by atoms with Gasteiger partial charge in [-0.15, -0.1) is 0 Å². The summed E-state index contributed by atoms with van der Waals surface area (Å²) in [7, 11) is 1.94. The molecule has 1 spiro atoms. The first-order valence-electron chi connectivity index (χ1n) is 12.9. The molecule has 0 unspecified atom stereocenters. The molecule has 36 heavy (non-hydrogen) atoms. The number of hydrogen-bond donors (Lipinski definition) is 1. The van der Waals surface area contributed by atoms with Crippen LogP contribution in [0.5, 0.6) is 0 Å². The highest BCUT2D eigenvalue weighted by Gasteiger charge is 2.40. The first-order valence-corrected chi connectivity index (χ1v) is 12.9. The zero-order valence-electron chi connectivity index (χ0n) is 21.1. The van der Waals surface area contributed by atoms with Crippen molar-refractivity contribution in [2.75, 3.05) is 23.3 Å². The van der Waals surface area contributed by atoms with E-state index in [0.717, 1.165) is 35.4 Å². The number of pyridine rings is 1. The Hall–Kier alpha value is -3.55. The van der Waals surface area contributed by atoms with Gasteiger partial charge < -0.3 is 10.2 Å². The molecule has 6 rings (SSSR count). The maximum atomic E-state index is 14.8. The average molecular weight is 486 g/mol. The van der Waals surface area contributed by atoms with Crippen molar-refractivity contribution in [3.05, 3.63) is 54.2 Å². The Kier molecular flexibility index (Phi) is 5.62. The predicted octanol–water partition coefficient (Wildman–Crippen LogP) is 6.20. The highest BCUT2D eigenvalue weighted by atomic mass is 19.1. The van der Waals surface area contributed by atoms with Gasteiger partial charge in [0.05, 0.1) is 23.6 Å². The maximum absolute atomic E-state index is 14.8. The molecule has 0 atom stereocenters. The lowest BCUT2D eigenvalue weighted by atomic mass is 9.86. The zero-order valence-corrected chi connectivity index (χ0v) is 21.1. The summed E-state index contributed by atoms with van der Waals surface area (Å²) in [4.78, 5) is 15.7. The molecule has 0 amide bonds. The fraction of sp³-hybridized carbons (Fsp3) is 0.429. The Morgan fingerprint density at radius 3 is 2.61 bits per heavy atom. The number of hydrogen-bond acceptors (Lipinski definition) is 6. The fourth-order valence-corrected chi connectivity index (χ4v) is 6.13. The van der Waals surface area contributed by atoms with Crippen LogP contribution in [-0.4, -0.2) is 37.8 Å². The van der Waals surface area contributed by atoms with Crippen molar-refractivity contribution in [2.24, 2.45) is 12.5 Å². The summed E-state index contributed by atoms with van der Waals surface area (Å²) >= 11 is 0. The van der Waals surface area contributed by atoms with E-state index in [9.17, 15) is 4.39 Å². The van der Waals surface area contributed by atoms with Crippen LogP contribution in [0.1, 0.15) is 57.6 Å². The molecular formula is C28H32FN7. The fourth-order valence-electron chi connectivity index (χ4n) is 6.13. The van der Waals surface area contributed by atoms with E-state index in [1.54, 1.807) is 0 Å². The topological polar surface area (TPSA) is 71.8 Å². The van der Waals surface area contributed by atoms with Crippen LogP contribution in [0.15, 0.2) is 42.7 Å². The summed E-state index contributed by atoms with van der Waals surface area (Å²) in [5.41, 5.74) is 4.61. The number of anilines is 3. The molecule has 1 saturated heterocycles. The van der Waals surface area contributed by atoms with E-state index in [1.165, 1.54) is 38.3 Å². The van der Waals surface area contributed by atoms with Crippen molar-refractivity contribution in [1.29, 1.82) is 0 Å². The number of nitrogens with zero attached hydrogens (tertiary/aromatic N) is 6. The van der Waals surface area contributed by atoms with Crippen LogP contribution < -0.4 is 10.2 Å². The van der Waals surface area contributed by atoms with Crippen molar-refractivity contribution in [3.63, 3.8) is 0 Å². The van der Waals surface area contributed by atoms with Crippen LogP contribution in [0.25, 0.3) is 22.2 Å². The molecule has 0 bridgehead atoms. The summed E-state index contributed by atoms with van der Waals surface area (Å²) in [6.07, 6.45) is 9.84. The van der Waals surface area contributed by atoms with E-state index < -0.39 is 5.82 Å². The van der Waals surface area contributed by atoms with Gasteiger partial charge in [-0.1, -0.05) is 32.8 Å². The minimum absolute atomic E-state index is 0.253. The second-order valence-corrected chi connectivity index (χ2v) is 10.7. The highest BCUT2D eigenvalue weighted by Crippen LogP contribution is 2.46. The van der Waals surface area contributed by atoms with Crippen molar-refractivity contribution in [1.82, 2.24) is 24.7 Å². The predicted molar refractivity (Wildman–Crippen MR) is 141 cm³/mol. The van der Waals surface area contributed by atoms with E-state index in [-0.39, 0.29) is 5.69 Å². The third-order valence-electron chi connectivity index (χ3n) is 7.90. The maximum Gasteiger partial charge on any atom is 0.229 e. The molecule has 1 N–H and O–H groups in total. The number of aryl methyl sites for hydroxylation is 1. The molecule has 4 heterocycles. The number of benzene rings is 1. The number of fused-ring (bicyclic) bond motifs is 1. The standard InChI is InChI=1S/C28H32FN7/c1-18(2)26-21-14-19(6-8-23(21)34-35(26)3)25-22(29)16-31-27(33-25)32-24-9-7-20(15-30-24)36-13-12-28(17-36)10-4-5-11-28/h6-9,14-16,18H,4-5,10-13,17H2,1-3H3,(H,30,31,32,33). The molecule has 1 aliphatic carbocycles. The SMILES string of the molecule is CC(C)c1c2cc(-c3nc(Nc4ccc(N5CCC6(CCCC6)C5)cn4)ncc3F)ccc2nn1C. The summed E-state index contributed by atoms with van der Waals surface area (Å²) in [5.74, 6) is 0.776. The summed E-state index contributed by atoms with van der Waals surface area (Å²) < 4.78 is 16.7. The van der Waals surface area contributed by atoms with Gasteiger partial charge in [0.25, 0.3) is 0 Å². The van der Waals surface area contributed by atoms with Crippen molar-refractivity contribution in [3.8, 4) is 11.3 Å². The summed E-state index contributed by atoms with van der Waals surface area (Å²) in [5, 5.41) is 8.74. The molecule has 7 nitrogen and oxygen atoms in total. The smallest absolute Gasteiger partial charge is 0.229 e. The third kappa shape index (κ3) is 4.08. The normalized spacial score (nSPS) is 17.1. The minimum atomic E-state index is -0.465. The van der Waals surface area contributed by atoms with E-state index >= 15 is 0 Å². The zero-order chi connectivity index (χ0) is 24.9. The minimum Gasteiger partial charge on any atom is -0.370 e. The van der Waals surface area contributed by atoms with Gasteiger partial charge in [0, 0.05) is 36.8 Å². The molecule has 3 aromatic heterocycles. The van der Waals surface area contributed by atoms with Gasteiger partial charge >= 0.3 is 0 Å². The van der Waals surface area contributed by atoms with Crippen LogP contribution in [-0.2, 0) is 7.05 Å². The van der Waals surface area contributed by atoms with Gasteiger partial charge in [-0.3, -0.25) is 4.68 Å². The molecule has 2 fully saturated rings. The van der Waals surface area contributed by atoms with Gasteiger partial charge in [-0.25, -0.2) is 19.3 Å². The molecule has 2 aliphatic rings. The number of aromatic nitrogens is 5. The molecule has 0 radical (unpaired) electrons. The van der Waals surface area contributed by atoms with E-state index in [1.807, 2.05) is 42.2 Å². The third-order valence-corrected chi connectivity index (χ3v) is 7.90. The monoisotopic (exact) mass is 485 g/mol. The van der Waals surface area contributed by atoms with Gasteiger partial charge in [-0.05, 0) is 54.9 Å². The van der Waals surface area contributed by atoms with Crippen molar-refractivity contribution < 1.29 is 4.39 Å². The largest absolute Gasteiger partial charge is 0.370 e. The Morgan fingerprint density at radius 2 is 1.86 bits per heavy atom. The molecule has 8 heteroatoms. The average Bonchev–Trinajstić information content (AvgIpc) is 3.59. The molecule has 1 saturated carbocycles. The highest BCUT2D eigenvalue weighted by molar-refractivity contribution is 5.86. The molecule has 1 aliphatic heterocycles. The van der Waals surface area contributed by atoms with Gasteiger partial charge in [0.2, 0.25) is 5.95 Å². The lowest BCUT2D eigenvalue weighted by Gasteiger charge is -2.24. The molecule has 186 valence electrons.